The standard InChI is InChI=1S/C23H28N2O2.C4H4O4/c1-27-21-8-6-18(7-9-21)10-13-24-14-11-19(12-15-24)16-25-17-20-4-2-3-5-22(20)23(25)26;5-3(6)1-2-4(7)8/h2-9,19H,10-17H2,1H3;1-2H,(H,5,6)(H,7,8)/b;2-1+. The van der Waals surface area contributed by atoms with Gasteiger partial charge in [0.25, 0.3) is 5.91 Å². The van der Waals surface area contributed by atoms with Crippen molar-refractivity contribution in [1.82, 2.24) is 9.80 Å². The lowest BCUT2D eigenvalue weighted by atomic mass is 9.96. The molecule has 8 heteroatoms. The van der Waals surface area contributed by atoms with Crippen molar-refractivity contribution < 1.29 is 29.3 Å². The number of carbonyl (C=O) groups is 3. The molecule has 8 nitrogen and oxygen atoms in total. The lowest BCUT2D eigenvalue weighted by molar-refractivity contribution is -0.134. The first kappa shape index (κ1) is 26.0. The summed E-state index contributed by atoms with van der Waals surface area (Å²) in [6.07, 6.45) is 4.56. The highest BCUT2D eigenvalue weighted by Crippen LogP contribution is 2.26. The number of hydrogen-bond acceptors (Lipinski definition) is 5. The molecule has 0 aliphatic carbocycles. The fraction of sp³-hybridized carbons (Fsp3) is 0.370. The van der Waals surface area contributed by atoms with E-state index < -0.39 is 11.9 Å². The highest BCUT2D eigenvalue weighted by molar-refractivity contribution is 5.98. The largest absolute Gasteiger partial charge is 0.497 e. The number of ether oxygens (including phenoxy) is 1. The maximum atomic E-state index is 12.5. The first-order valence-electron chi connectivity index (χ1n) is 11.7. The van der Waals surface area contributed by atoms with Crippen LogP contribution in [-0.4, -0.2) is 71.1 Å². The van der Waals surface area contributed by atoms with Crippen LogP contribution in [0.15, 0.2) is 60.7 Å². The monoisotopic (exact) mass is 480 g/mol. The van der Waals surface area contributed by atoms with Gasteiger partial charge in [-0.05, 0) is 67.6 Å². The molecule has 2 aliphatic heterocycles. The molecule has 35 heavy (non-hydrogen) atoms. The van der Waals surface area contributed by atoms with Crippen molar-refractivity contribution in [3.8, 4) is 5.75 Å². The Morgan fingerprint density at radius 1 is 1.00 bits per heavy atom. The van der Waals surface area contributed by atoms with Gasteiger partial charge in [-0.2, -0.15) is 0 Å². The second-order valence-corrected chi connectivity index (χ2v) is 8.74. The molecule has 2 aromatic carbocycles. The van der Waals surface area contributed by atoms with Gasteiger partial charge in [-0.25, -0.2) is 9.59 Å². The second kappa shape index (κ2) is 12.7. The molecule has 2 aromatic rings. The van der Waals surface area contributed by atoms with E-state index in [1.807, 2.05) is 35.2 Å². The molecule has 4 rings (SSSR count). The summed E-state index contributed by atoms with van der Waals surface area (Å²) in [6, 6.07) is 16.4. The predicted molar refractivity (Wildman–Crippen MR) is 131 cm³/mol. The van der Waals surface area contributed by atoms with E-state index in [9.17, 15) is 14.4 Å². The van der Waals surface area contributed by atoms with Crippen molar-refractivity contribution >= 4 is 17.8 Å². The normalized spacial score (nSPS) is 16.0. The fourth-order valence-corrected chi connectivity index (χ4v) is 4.39. The molecule has 0 bridgehead atoms. The lowest BCUT2D eigenvalue weighted by Crippen LogP contribution is -2.39. The minimum Gasteiger partial charge on any atom is -0.497 e. The number of carboxylic acids is 2. The van der Waals surface area contributed by atoms with Gasteiger partial charge in [-0.1, -0.05) is 30.3 Å². The van der Waals surface area contributed by atoms with Crippen molar-refractivity contribution in [2.75, 3.05) is 33.3 Å². The van der Waals surface area contributed by atoms with Crippen LogP contribution in [0.3, 0.4) is 0 Å². The average molecular weight is 481 g/mol. The summed E-state index contributed by atoms with van der Waals surface area (Å²) >= 11 is 0. The summed E-state index contributed by atoms with van der Waals surface area (Å²) < 4.78 is 5.22. The fourth-order valence-electron chi connectivity index (χ4n) is 4.39. The summed E-state index contributed by atoms with van der Waals surface area (Å²) in [5.74, 6) is -0.758. The zero-order valence-corrected chi connectivity index (χ0v) is 19.9. The number of fused-ring (bicyclic) bond motifs is 1. The van der Waals surface area contributed by atoms with E-state index in [1.165, 1.54) is 24.0 Å². The summed E-state index contributed by atoms with van der Waals surface area (Å²) in [7, 11) is 1.70. The van der Waals surface area contributed by atoms with Gasteiger partial charge in [0.15, 0.2) is 0 Å². The number of likely N-dealkylation sites (tertiary alicyclic amines) is 1. The Hall–Kier alpha value is -3.65. The number of carbonyl (C=O) groups excluding carboxylic acids is 1. The number of carboxylic acid groups (broad SMARTS) is 2. The van der Waals surface area contributed by atoms with E-state index in [1.54, 1.807) is 7.11 Å². The van der Waals surface area contributed by atoms with E-state index in [0.29, 0.717) is 18.1 Å². The van der Waals surface area contributed by atoms with Crippen LogP contribution >= 0.6 is 0 Å². The molecule has 2 aliphatic rings. The molecule has 1 fully saturated rings. The van der Waals surface area contributed by atoms with Gasteiger partial charge in [0.2, 0.25) is 0 Å². The molecule has 0 radical (unpaired) electrons. The maximum absolute atomic E-state index is 12.5. The number of rotatable bonds is 8. The molecular formula is C27H32N2O6. The highest BCUT2D eigenvalue weighted by atomic mass is 16.5. The number of methoxy groups -OCH3 is 1. The van der Waals surface area contributed by atoms with Gasteiger partial charge >= 0.3 is 11.9 Å². The van der Waals surface area contributed by atoms with Crippen LogP contribution in [-0.2, 0) is 22.6 Å². The molecule has 0 saturated carbocycles. The molecule has 1 amide bonds. The van der Waals surface area contributed by atoms with Gasteiger partial charge in [0.05, 0.1) is 7.11 Å². The number of benzene rings is 2. The SMILES string of the molecule is COc1ccc(CCN2CCC(CN3Cc4ccccc4C3=O)CC2)cc1.O=C(O)/C=C/C(=O)O. The quantitative estimate of drug-likeness (QED) is 0.558. The van der Waals surface area contributed by atoms with Crippen LogP contribution in [0.4, 0.5) is 0 Å². The third-order valence-electron chi connectivity index (χ3n) is 6.33. The minimum absolute atomic E-state index is 0.215. The Balaban J connectivity index is 0.000000371. The molecule has 0 unspecified atom stereocenters. The molecule has 186 valence electrons. The van der Waals surface area contributed by atoms with Crippen LogP contribution < -0.4 is 4.74 Å². The van der Waals surface area contributed by atoms with Crippen LogP contribution in [0.2, 0.25) is 0 Å². The summed E-state index contributed by atoms with van der Waals surface area (Å²) in [5.41, 5.74) is 3.44. The number of piperidine rings is 1. The third-order valence-corrected chi connectivity index (χ3v) is 6.33. The van der Waals surface area contributed by atoms with E-state index in [0.717, 1.165) is 50.5 Å². The van der Waals surface area contributed by atoms with Crippen molar-refractivity contribution in [2.24, 2.45) is 5.92 Å². The molecule has 1 saturated heterocycles. The van der Waals surface area contributed by atoms with Crippen molar-refractivity contribution in [3.05, 3.63) is 77.4 Å². The Morgan fingerprint density at radius 2 is 1.63 bits per heavy atom. The Kier molecular flexibility index (Phi) is 9.43. The van der Waals surface area contributed by atoms with E-state index in [-0.39, 0.29) is 5.91 Å². The Morgan fingerprint density at radius 3 is 2.20 bits per heavy atom. The minimum atomic E-state index is -1.26. The van der Waals surface area contributed by atoms with Gasteiger partial charge < -0.3 is 24.7 Å². The van der Waals surface area contributed by atoms with Crippen molar-refractivity contribution in [2.45, 2.75) is 25.8 Å². The van der Waals surface area contributed by atoms with Gasteiger partial charge in [0, 0.05) is 37.3 Å². The molecule has 0 spiro atoms. The first-order chi connectivity index (χ1) is 16.9. The van der Waals surface area contributed by atoms with Gasteiger partial charge in [0.1, 0.15) is 5.75 Å². The smallest absolute Gasteiger partial charge is 0.328 e. The number of nitrogens with zero attached hydrogens (tertiary/aromatic N) is 2. The number of amides is 1. The van der Waals surface area contributed by atoms with Gasteiger partial charge in [-0.3, -0.25) is 4.79 Å². The molecule has 0 aromatic heterocycles. The summed E-state index contributed by atoms with van der Waals surface area (Å²) in [5, 5.41) is 15.6. The molecular weight excluding hydrogens is 448 g/mol. The zero-order chi connectivity index (χ0) is 25.2. The second-order valence-electron chi connectivity index (χ2n) is 8.74. The van der Waals surface area contributed by atoms with Crippen LogP contribution in [0.1, 0.15) is 34.3 Å². The Labute approximate surface area is 205 Å². The lowest BCUT2D eigenvalue weighted by Gasteiger charge is -2.33. The molecule has 0 atom stereocenters. The molecule has 2 N–H and O–H groups in total. The highest BCUT2D eigenvalue weighted by Gasteiger charge is 2.29. The first-order valence-corrected chi connectivity index (χ1v) is 11.7. The Bertz CT molecular complexity index is 1030. The van der Waals surface area contributed by atoms with Crippen LogP contribution in [0.5, 0.6) is 5.75 Å². The van der Waals surface area contributed by atoms with E-state index in [2.05, 4.69) is 23.1 Å². The average Bonchev–Trinajstić information content (AvgIpc) is 3.18. The maximum Gasteiger partial charge on any atom is 0.328 e. The summed E-state index contributed by atoms with van der Waals surface area (Å²) in [6.45, 7) is 5.06. The van der Waals surface area contributed by atoms with E-state index in [4.69, 9.17) is 14.9 Å². The van der Waals surface area contributed by atoms with Gasteiger partial charge in [-0.15, -0.1) is 0 Å². The number of hydrogen-bond donors (Lipinski definition) is 2. The van der Waals surface area contributed by atoms with Crippen molar-refractivity contribution in [1.29, 1.82) is 0 Å². The third kappa shape index (κ3) is 7.96. The predicted octanol–water partition coefficient (Wildman–Crippen LogP) is 3.32. The van der Waals surface area contributed by atoms with Crippen molar-refractivity contribution in [3.63, 3.8) is 0 Å². The summed E-state index contributed by atoms with van der Waals surface area (Å²) in [4.78, 5) is 36.3. The molecule has 2 heterocycles. The van der Waals surface area contributed by atoms with E-state index >= 15 is 0 Å². The number of aliphatic carboxylic acids is 2. The zero-order valence-electron chi connectivity index (χ0n) is 19.9. The van der Waals surface area contributed by atoms with Crippen LogP contribution in [0, 0.1) is 5.92 Å². The topological polar surface area (TPSA) is 107 Å². The van der Waals surface area contributed by atoms with Crippen LogP contribution in [0.25, 0.3) is 0 Å².